The van der Waals surface area contributed by atoms with Crippen molar-refractivity contribution in [3.8, 4) is 5.75 Å². The zero-order chi connectivity index (χ0) is 18.0. The number of carbonyl (C=O) groups is 1. The maximum absolute atomic E-state index is 12.3. The number of methoxy groups -OCH3 is 1. The molecule has 0 aliphatic rings. The topological polar surface area (TPSA) is 68.5 Å². The van der Waals surface area contributed by atoms with Crippen molar-refractivity contribution in [2.45, 2.75) is 20.4 Å². The minimum atomic E-state index is -0.426. The van der Waals surface area contributed by atoms with E-state index in [1.54, 1.807) is 31.4 Å². The average molecular weight is 337 g/mol. The van der Waals surface area contributed by atoms with Gasteiger partial charge in [-0.15, -0.1) is 0 Å². The zero-order valence-electron chi connectivity index (χ0n) is 14.4. The van der Waals surface area contributed by atoms with Gasteiger partial charge in [-0.2, -0.15) is 0 Å². The molecule has 0 unspecified atom stereocenters. The van der Waals surface area contributed by atoms with Crippen LogP contribution >= 0.6 is 0 Å². The van der Waals surface area contributed by atoms with Gasteiger partial charge in [-0.1, -0.05) is 0 Å². The lowest BCUT2D eigenvalue weighted by Gasteiger charge is -2.10. The molecule has 3 rings (SSSR count). The van der Waals surface area contributed by atoms with Gasteiger partial charge in [-0.25, -0.2) is 4.79 Å². The van der Waals surface area contributed by atoms with Crippen molar-refractivity contribution in [1.82, 2.24) is 5.32 Å². The van der Waals surface area contributed by atoms with Crippen molar-refractivity contribution in [3.63, 3.8) is 0 Å². The Hall–Kier alpha value is -3.08. The maximum Gasteiger partial charge on any atom is 0.336 e. The average Bonchev–Trinajstić information content (AvgIpc) is 2.61. The van der Waals surface area contributed by atoms with Gasteiger partial charge >= 0.3 is 5.63 Å². The summed E-state index contributed by atoms with van der Waals surface area (Å²) >= 11 is 0. The normalized spacial score (nSPS) is 10.7. The summed E-state index contributed by atoms with van der Waals surface area (Å²) in [5.41, 5.74) is 3.52. The summed E-state index contributed by atoms with van der Waals surface area (Å²) in [5.74, 6) is 0.474. The third-order valence-corrected chi connectivity index (χ3v) is 4.24. The van der Waals surface area contributed by atoms with Crippen LogP contribution in [0.15, 0.2) is 51.7 Å². The van der Waals surface area contributed by atoms with Gasteiger partial charge in [0.15, 0.2) is 0 Å². The molecule has 0 spiro atoms. The number of carbonyl (C=O) groups excluding carboxylic acids is 1. The first-order valence-corrected chi connectivity index (χ1v) is 7.94. The third-order valence-electron chi connectivity index (χ3n) is 4.24. The van der Waals surface area contributed by atoms with Gasteiger partial charge in [0.1, 0.15) is 11.3 Å². The smallest absolute Gasteiger partial charge is 0.336 e. The van der Waals surface area contributed by atoms with Crippen molar-refractivity contribution in [1.29, 1.82) is 0 Å². The van der Waals surface area contributed by atoms with Gasteiger partial charge in [0.05, 0.1) is 7.11 Å². The molecule has 0 saturated heterocycles. The number of ether oxygens (including phenoxy) is 1. The molecule has 0 fully saturated rings. The lowest BCUT2D eigenvalue weighted by Crippen LogP contribution is -2.23. The molecule has 25 heavy (non-hydrogen) atoms. The fourth-order valence-corrected chi connectivity index (χ4v) is 2.65. The van der Waals surface area contributed by atoms with Crippen molar-refractivity contribution in [3.05, 3.63) is 75.1 Å². The first-order chi connectivity index (χ1) is 12.0. The fraction of sp³-hybridized carbons (Fsp3) is 0.200. The Bertz CT molecular complexity index is 987. The van der Waals surface area contributed by atoms with Crippen LogP contribution in [0.25, 0.3) is 11.0 Å². The Morgan fingerprint density at radius 2 is 1.76 bits per heavy atom. The molecule has 1 heterocycles. The van der Waals surface area contributed by atoms with Crippen LogP contribution in [0.5, 0.6) is 5.75 Å². The molecule has 2 aromatic carbocycles. The van der Waals surface area contributed by atoms with Crippen LogP contribution in [0, 0.1) is 13.8 Å². The van der Waals surface area contributed by atoms with Gasteiger partial charge in [-0.3, -0.25) is 4.79 Å². The lowest BCUT2D eigenvalue weighted by atomic mass is 10.0. The van der Waals surface area contributed by atoms with E-state index >= 15 is 0 Å². The largest absolute Gasteiger partial charge is 0.497 e. The second-order valence-electron chi connectivity index (χ2n) is 5.93. The van der Waals surface area contributed by atoms with Crippen LogP contribution in [0.1, 0.15) is 27.0 Å². The molecule has 0 bridgehead atoms. The molecule has 1 amide bonds. The molecule has 0 aliphatic carbocycles. The monoisotopic (exact) mass is 337 g/mol. The molecule has 1 N–H and O–H groups in total. The Kier molecular flexibility index (Phi) is 4.57. The van der Waals surface area contributed by atoms with E-state index in [1.807, 2.05) is 26.0 Å². The molecule has 128 valence electrons. The van der Waals surface area contributed by atoms with E-state index in [0.29, 0.717) is 16.9 Å². The van der Waals surface area contributed by atoms with Crippen molar-refractivity contribution >= 4 is 16.9 Å². The number of nitrogens with one attached hydrogen (secondary N) is 1. The highest BCUT2D eigenvalue weighted by Crippen LogP contribution is 2.21. The molecule has 1 aromatic heterocycles. The van der Waals surface area contributed by atoms with Crippen LogP contribution in [0.4, 0.5) is 0 Å². The number of amides is 1. The summed E-state index contributed by atoms with van der Waals surface area (Å²) in [5, 5.41) is 3.68. The molecule has 0 aliphatic heterocycles. The molecule has 0 saturated carbocycles. The van der Waals surface area contributed by atoms with Crippen LogP contribution in [0.3, 0.4) is 0 Å². The number of hydrogen-bond acceptors (Lipinski definition) is 4. The predicted octanol–water partition coefficient (Wildman–Crippen LogP) is 3.35. The lowest BCUT2D eigenvalue weighted by molar-refractivity contribution is 0.0951. The number of rotatable bonds is 4. The van der Waals surface area contributed by atoms with Gasteiger partial charge in [0.2, 0.25) is 0 Å². The number of aryl methyl sites for hydroxylation is 2. The molecule has 0 atom stereocenters. The van der Waals surface area contributed by atoms with Crippen LogP contribution in [-0.2, 0) is 6.54 Å². The van der Waals surface area contributed by atoms with E-state index in [0.717, 1.165) is 22.1 Å². The Labute approximate surface area is 145 Å². The Morgan fingerprint density at radius 1 is 1.08 bits per heavy atom. The summed E-state index contributed by atoms with van der Waals surface area (Å²) in [6.07, 6.45) is 0. The summed E-state index contributed by atoms with van der Waals surface area (Å²) in [6.45, 7) is 4.21. The highest BCUT2D eigenvalue weighted by molar-refractivity contribution is 5.94. The second kappa shape index (κ2) is 6.81. The van der Waals surface area contributed by atoms with Gasteiger partial charge in [0.25, 0.3) is 5.91 Å². The van der Waals surface area contributed by atoms with Crippen molar-refractivity contribution in [2.24, 2.45) is 0 Å². The molecule has 5 heteroatoms. The molecular formula is C20H19NO4. The zero-order valence-corrected chi connectivity index (χ0v) is 14.4. The molecular weight excluding hydrogens is 318 g/mol. The highest BCUT2D eigenvalue weighted by atomic mass is 16.5. The van der Waals surface area contributed by atoms with Crippen LogP contribution in [-0.4, -0.2) is 13.0 Å². The minimum Gasteiger partial charge on any atom is -0.497 e. The summed E-state index contributed by atoms with van der Waals surface area (Å²) in [4.78, 5) is 24.1. The van der Waals surface area contributed by atoms with E-state index in [4.69, 9.17) is 9.15 Å². The van der Waals surface area contributed by atoms with Crippen molar-refractivity contribution < 1.29 is 13.9 Å². The quantitative estimate of drug-likeness (QED) is 0.741. The maximum atomic E-state index is 12.3. The third kappa shape index (κ3) is 3.55. The van der Waals surface area contributed by atoms with E-state index in [9.17, 15) is 9.59 Å². The molecule has 3 aromatic rings. The first kappa shape index (κ1) is 16.8. The standard InChI is InChI=1S/C20H19NO4/c1-12-8-17-15(10-19(22)25-18(17)9-13(12)2)11-21-20(23)14-4-6-16(24-3)7-5-14/h4-10H,11H2,1-3H3,(H,21,23). The highest BCUT2D eigenvalue weighted by Gasteiger charge is 2.10. The second-order valence-corrected chi connectivity index (χ2v) is 5.93. The SMILES string of the molecule is COc1ccc(C(=O)NCc2cc(=O)oc3cc(C)c(C)cc23)cc1. The number of fused-ring (bicyclic) bond motifs is 1. The Balaban J connectivity index is 1.86. The van der Waals surface area contributed by atoms with E-state index < -0.39 is 5.63 Å². The fourth-order valence-electron chi connectivity index (χ4n) is 2.65. The van der Waals surface area contributed by atoms with Crippen molar-refractivity contribution in [2.75, 3.05) is 7.11 Å². The van der Waals surface area contributed by atoms with E-state index in [1.165, 1.54) is 6.07 Å². The molecule has 5 nitrogen and oxygen atoms in total. The van der Waals surface area contributed by atoms with E-state index in [2.05, 4.69) is 5.32 Å². The summed E-state index contributed by atoms with van der Waals surface area (Å²) in [7, 11) is 1.57. The van der Waals surface area contributed by atoms with E-state index in [-0.39, 0.29) is 12.5 Å². The van der Waals surface area contributed by atoms with Gasteiger partial charge < -0.3 is 14.5 Å². The minimum absolute atomic E-state index is 0.215. The summed E-state index contributed by atoms with van der Waals surface area (Å²) in [6, 6.07) is 12.1. The predicted molar refractivity (Wildman–Crippen MR) is 96.1 cm³/mol. The number of hydrogen-bond donors (Lipinski definition) is 1. The Morgan fingerprint density at radius 3 is 2.44 bits per heavy atom. The van der Waals surface area contributed by atoms with Crippen LogP contribution < -0.4 is 15.7 Å². The summed E-state index contributed by atoms with van der Waals surface area (Å²) < 4.78 is 10.4. The first-order valence-electron chi connectivity index (χ1n) is 7.94. The molecule has 0 radical (unpaired) electrons. The van der Waals surface area contributed by atoms with Gasteiger partial charge in [0, 0.05) is 23.6 Å². The van der Waals surface area contributed by atoms with Gasteiger partial charge in [-0.05, 0) is 66.9 Å². The van der Waals surface area contributed by atoms with Crippen LogP contribution in [0.2, 0.25) is 0 Å². The number of benzene rings is 2.